The molecule has 0 saturated carbocycles. The number of rotatable bonds is 11. The molecule has 2 aromatic carbocycles. The van der Waals surface area contributed by atoms with Crippen LogP contribution < -0.4 is 5.32 Å². The Hall–Kier alpha value is -3.31. The predicted octanol–water partition coefficient (Wildman–Crippen LogP) is 5.02. The monoisotopic (exact) mass is 578 g/mol. The summed E-state index contributed by atoms with van der Waals surface area (Å²) in [4.78, 5) is 30.9. The number of methoxy groups -OCH3 is 1. The van der Waals surface area contributed by atoms with Crippen LogP contribution >= 0.6 is 0 Å². The van der Waals surface area contributed by atoms with Crippen molar-refractivity contribution in [2.24, 2.45) is 0 Å². The zero-order valence-corrected chi connectivity index (χ0v) is 24.5. The number of nitrogens with one attached hydrogen (secondary N) is 1. The van der Waals surface area contributed by atoms with Gasteiger partial charge in [-0.15, -0.1) is 0 Å². The van der Waals surface area contributed by atoms with Crippen molar-refractivity contribution in [1.82, 2.24) is 14.7 Å². The molecule has 41 heavy (non-hydrogen) atoms. The van der Waals surface area contributed by atoms with E-state index in [1.807, 2.05) is 12.1 Å². The van der Waals surface area contributed by atoms with Gasteiger partial charge in [0.2, 0.25) is 5.91 Å². The molecule has 0 aliphatic carbocycles. The number of halogens is 3. The number of benzene rings is 2. The van der Waals surface area contributed by atoms with Crippen LogP contribution in [0.1, 0.15) is 43.0 Å². The Labute approximate surface area is 240 Å². The smallest absolute Gasteiger partial charge is 0.416 e. The van der Waals surface area contributed by atoms with Crippen molar-refractivity contribution in [2.45, 2.75) is 52.1 Å². The molecule has 11 heteroatoms. The highest BCUT2D eigenvalue weighted by molar-refractivity contribution is 5.81. The van der Waals surface area contributed by atoms with Crippen molar-refractivity contribution in [2.75, 3.05) is 58.8 Å². The van der Waals surface area contributed by atoms with Gasteiger partial charge in [0.05, 0.1) is 18.7 Å². The molecule has 1 aliphatic heterocycles. The molecule has 0 unspecified atom stereocenters. The van der Waals surface area contributed by atoms with Crippen LogP contribution in [-0.4, -0.2) is 85.8 Å². The Kier molecular flexibility index (Phi) is 11.0. The summed E-state index contributed by atoms with van der Waals surface area (Å²) in [6.45, 7) is 8.12. The minimum atomic E-state index is -4.56. The molecule has 8 nitrogen and oxygen atoms in total. The van der Waals surface area contributed by atoms with Crippen LogP contribution in [0.4, 0.5) is 23.7 Å². The van der Waals surface area contributed by atoms with E-state index in [2.05, 4.69) is 16.3 Å². The van der Waals surface area contributed by atoms with E-state index in [1.165, 1.54) is 40.6 Å². The lowest BCUT2D eigenvalue weighted by molar-refractivity contribution is -0.139. The number of nitrogens with zero attached hydrogens (tertiary/aromatic N) is 3. The summed E-state index contributed by atoms with van der Waals surface area (Å²) in [5, 5.41) is 3.22. The van der Waals surface area contributed by atoms with Gasteiger partial charge in [-0.05, 0) is 56.0 Å². The van der Waals surface area contributed by atoms with Crippen molar-refractivity contribution in [3.05, 3.63) is 64.7 Å². The number of amides is 2. The standard InChI is InChI=1S/C30H41F3N4O4/c1-29(2,3)41-28(39)35(4)15-16-37(21-23-9-6-7-11-25(23)30(31,32)33)27(38)19-34-26-12-8-10-22-20-36(17-18-40-5)14-13-24(22)26/h6-12,34H,13-21H2,1-5H3. The van der Waals surface area contributed by atoms with Crippen molar-refractivity contribution in [3.63, 3.8) is 0 Å². The Morgan fingerprint density at radius 1 is 1.05 bits per heavy atom. The summed E-state index contributed by atoms with van der Waals surface area (Å²) in [5.41, 5.74) is 1.63. The van der Waals surface area contributed by atoms with E-state index in [0.717, 1.165) is 43.4 Å². The van der Waals surface area contributed by atoms with Crippen molar-refractivity contribution in [1.29, 1.82) is 0 Å². The van der Waals surface area contributed by atoms with Gasteiger partial charge in [-0.3, -0.25) is 9.69 Å². The molecule has 0 atom stereocenters. The van der Waals surface area contributed by atoms with Gasteiger partial charge in [0.25, 0.3) is 0 Å². The maximum absolute atomic E-state index is 13.7. The summed E-state index contributed by atoms with van der Waals surface area (Å²) in [6, 6.07) is 11.1. The third-order valence-electron chi connectivity index (χ3n) is 6.83. The molecule has 0 bridgehead atoms. The Morgan fingerprint density at radius 3 is 2.46 bits per heavy atom. The lowest BCUT2D eigenvalue weighted by atomic mass is 9.97. The molecule has 3 rings (SSSR count). The first kappa shape index (κ1) is 32.2. The highest BCUT2D eigenvalue weighted by Crippen LogP contribution is 2.32. The third-order valence-corrected chi connectivity index (χ3v) is 6.83. The first-order valence-corrected chi connectivity index (χ1v) is 13.7. The van der Waals surface area contributed by atoms with Crippen LogP contribution in [0.5, 0.6) is 0 Å². The first-order valence-electron chi connectivity index (χ1n) is 13.7. The molecule has 2 aromatic rings. The Morgan fingerprint density at radius 2 is 1.78 bits per heavy atom. The average Bonchev–Trinajstić information content (AvgIpc) is 2.91. The zero-order valence-electron chi connectivity index (χ0n) is 24.5. The number of hydrogen-bond donors (Lipinski definition) is 1. The summed E-state index contributed by atoms with van der Waals surface area (Å²) >= 11 is 0. The van der Waals surface area contributed by atoms with E-state index >= 15 is 0 Å². The fourth-order valence-electron chi connectivity index (χ4n) is 4.66. The summed E-state index contributed by atoms with van der Waals surface area (Å²) in [6.07, 6.45) is -4.33. The lowest BCUT2D eigenvalue weighted by Gasteiger charge is -2.30. The van der Waals surface area contributed by atoms with Crippen LogP contribution in [0.15, 0.2) is 42.5 Å². The fraction of sp³-hybridized carbons (Fsp3) is 0.533. The van der Waals surface area contributed by atoms with Gasteiger partial charge in [0.1, 0.15) is 5.60 Å². The van der Waals surface area contributed by atoms with Crippen molar-refractivity contribution in [3.8, 4) is 0 Å². The van der Waals surface area contributed by atoms with E-state index in [-0.39, 0.29) is 37.6 Å². The van der Waals surface area contributed by atoms with Crippen LogP contribution in [0, 0.1) is 0 Å². The van der Waals surface area contributed by atoms with Gasteiger partial charge in [0, 0.05) is 59.1 Å². The van der Waals surface area contributed by atoms with E-state index < -0.39 is 23.4 Å². The topological polar surface area (TPSA) is 74.4 Å². The van der Waals surface area contributed by atoms with Gasteiger partial charge in [-0.1, -0.05) is 30.3 Å². The number of alkyl halides is 3. The van der Waals surface area contributed by atoms with Gasteiger partial charge < -0.3 is 24.6 Å². The molecule has 0 aromatic heterocycles. The number of anilines is 1. The Balaban J connectivity index is 1.75. The molecule has 1 heterocycles. The van der Waals surface area contributed by atoms with Gasteiger partial charge in [-0.25, -0.2) is 4.79 Å². The Bertz CT molecular complexity index is 1180. The maximum Gasteiger partial charge on any atom is 0.416 e. The van der Waals surface area contributed by atoms with Gasteiger partial charge >= 0.3 is 12.3 Å². The van der Waals surface area contributed by atoms with Gasteiger partial charge in [0.15, 0.2) is 0 Å². The second-order valence-corrected chi connectivity index (χ2v) is 11.2. The second-order valence-electron chi connectivity index (χ2n) is 11.2. The highest BCUT2D eigenvalue weighted by Gasteiger charge is 2.34. The number of likely N-dealkylation sites (N-methyl/N-ethyl adjacent to an activating group) is 1. The van der Waals surface area contributed by atoms with E-state index in [0.29, 0.717) is 6.61 Å². The quantitative estimate of drug-likeness (QED) is 0.404. The van der Waals surface area contributed by atoms with E-state index in [1.54, 1.807) is 27.9 Å². The average molecular weight is 579 g/mol. The van der Waals surface area contributed by atoms with Crippen molar-refractivity contribution >= 4 is 17.7 Å². The zero-order chi connectivity index (χ0) is 30.2. The number of carbonyl (C=O) groups excluding carboxylic acids is 2. The minimum Gasteiger partial charge on any atom is -0.444 e. The normalized spacial score (nSPS) is 13.9. The van der Waals surface area contributed by atoms with Crippen LogP contribution in [0.3, 0.4) is 0 Å². The summed E-state index contributed by atoms with van der Waals surface area (Å²) < 4.78 is 51.7. The molecule has 0 radical (unpaired) electrons. The lowest BCUT2D eigenvalue weighted by Crippen LogP contribution is -2.43. The number of hydrogen-bond acceptors (Lipinski definition) is 6. The van der Waals surface area contributed by atoms with E-state index in [9.17, 15) is 22.8 Å². The highest BCUT2D eigenvalue weighted by atomic mass is 19.4. The molecular formula is C30H41F3N4O4. The molecule has 0 saturated heterocycles. The first-order chi connectivity index (χ1) is 19.3. The fourth-order valence-corrected chi connectivity index (χ4v) is 4.66. The third kappa shape index (κ3) is 9.64. The van der Waals surface area contributed by atoms with Crippen LogP contribution in [-0.2, 0) is 40.0 Å². The molecule has 2 amide bonds. The van der Waals surface area contributed by atoms with Crippen LogP contribution in [0.2, 0.25) is 0 Å². The molecular weight excluding hydrogens is 537 g/mol. The minimum absolute atomic E-state index is 0.0125. The van der Waals surface area contributed by atoms with Crippen LogP contribution in [0.25, 0.3) is 0 Å². The number of ether oxygens (including phenoxy) is 2. The molecule has 1 N–H and O–H groups in total. The molecule has 0 spiro atoms. The molecule has 226 valence electrons. The SMILES string of the molecule is COCCN1CCc2c(cccc2NCC(=O)N(CCN(C)C(=O)OC(C)(C)C)Cc2ccccc2C(F)(F)F)C1. The molecule has 0 fully saturated rings. The second kappa shape index (κ2) is 14.0. The van der Waals surface area contributed by atoms with Gasteiger partial charge in [-0.2, -0.15) is 13.2 Å². The number of carbonyl (C=O) groups is 2. The predicted molar refractivity (Wildman–Crippen MR) is 152 cm³/mol. The summed E-state index contributed by atoms with van der Waals surface area (Å²) in [5.74, 6) is -0.380. The molecule has 1 aliphatic rings. The number of fused-ring (bicyclic) bond motifs is 1. The largest absolute Gasteiger partial charge is 0.444 e. The van der Waals surface area contributed by atoms with Crippen molar-refractivity contribution < 1.29 is 32.2 Å². The maximum atomic E-state index is 13.7. The van der Waals surface area contributed by atoms with E-state index in [4.69, 9.17) is 9.47 Å². The summed E-state index contributed by atoms with van der Waals surface area (Å²) in [7, 11) is 3.21.